The van der Waals surface area contributed by atoms with E-state index in [2.05, 4.69) is 35.6 Å². The molecule has 214 valence electrons. The average molecular weight is 576 g/mol. The van der Waals surface area contributed by atoms with Crippen molar-refractivity contribution >= 4 is 34.7 Å². The molecule has 0 spiro atoms. The molecule has 1 aliphatic heterocycles. The largest absolute Gasteiger partial charge is 0.355 e. The number of hydrogen-bond acceptors (Lipinski definition) is 6. The molecule has 1 fully saturated rings. The summed E-state index contributed by atoms with van der Waals surface area (Å²) in [5, 5.41) is 0.755. The summed E-state index contributed by atoms with van der Waals surface area (Å²) >= 11 is 6.82. The first kappa shape index (κ1) is 28.9. The van der Waals surface area contributed by atoms with Gasteiger partial charge in [0.2, 0.25) is 0 Å². The second-order valence-electron chi connectivity index (χ2n) is 11.4. The van der Waals surface area contributed by atoms with Crippen molar-refractivity contribution in [2.24, 2.45) is 5.92 Å². The molecule has 5 rings (SSSR count). The number of piperidine rings is 1. The number of aromatic nitrogens is 4. The minimum absolute atomic E-state index is 0.00391. The van der Waals surface area contributed by atoms with Crippen LogP contribution in [0.5, 0.6) is 0 Å². The first-order valence-electron chi connectivity index (χ1n) is 14.3. The van der Waals surface area contributed by atoms with Gasteiger partial charge in [-0.2, -0.15) is 4.98 Å². The Kier molecular flexibility index (Phi) is 8.23. The predicted molar refractivity (Wildman–Crippen MR) is 162 cm³/mol. The minimum atomic E-state index is -0.624. The van der Waals surface area contributed by atoms with Gasteiger partial charge in [-0.3, -0.25) is 9.78 Å². The van der Waals surface area contributed by atoms with Crippen molar-refractivity contribution in [1.82, 2.24) is 19.5 Å². The number of halogens is 2. The van der Waals surface area contributed by atoms with Crippen molar-refractivity contribution < 1.29 is 9.18 Å². The van der Waals surface area contributed by atoms with Crippen molar-refractivity contribution in [3.8, 4) is 16.9 Å². The first-order chi connectivity index (χ1) is 19.7. The molecular formula is C32H35ClFN5O2. The number of carbonyl (C=O) groups excluding carboxylic acids is 1. The van der Waals surface area contributed by atoms with Crippen LogP contribution in [0, 0.1) is 11.7 Å². The van der Waals surface area contributed by atoms with E-state index in [1.807, 2.05) is 19.9 Å². The fraction of sp³-hybridized carbons (Fsp3) is 0.406. The number of aryl methyl sites for hydroxylation is 1. The molecule has 4 heterocycles. The molecule has 7 nitrogen and oxygen atoms in total. The lowest BCUT2D eigenvalue weighted by molar-refractivity contribution is 0.112. The van der Waals surface area contributed by atoms with E-state index >= 15 is 4.39 Å². The molecular weight excluding hydrogens is 541 g/mol. The predicted octanol–water partition coefficient (Wildman–Crippen LogP) is 7.15. The Bertz CT molecular complexity index is 1690. The molecule has 1 aromatic carbocycles. The SMILES string of the molecule is CCCc1ccnc(C(C)C)c1-n1c(=O)nc(N2C[C@@H](C)CC[C@@H]2C)c2cc(Cl)c(-c3c(F)cccc3C=O)nc21. The van der Waals surface area contributed by atoms with Crippen molar-refractivity contribution in [1.29, 1.82) is 0 Å². The van der Waals surface area contributed by atoms with E-state index in [0.717, 1.165) is 43.5 Å². The van der Waals surface area contributed by atoms with E-state index in [9.17, 15) is 9.59 Å². The standard InChI is InChI=1S/C32H35ClFN5O2/c1-6-8-21-13-14-35-27(18(2)3)29(21)39-31-23(30(37-32(39)41)38-16-19(4)11-12-20(38)5)15-24(33)28(36-31)26-22(17-40)9-7-10-25(26)34/h7,9-10,13-15,17-20H,6,8,11-12,16H2,1-5H3/t19-,20-/m0/s1. The molecule has 0 N–H and O–H groups in total. The Labute approximate surface area is 244 Å². The highest BCUT2D eigenvalue weighted by atomic mass is 35.5. The Balaban J connectivity index is 1.94. The maximum Gasteiger partial charge on any atom is 0.355 e. The van der Waals surface area contributed by atoms with Gasteiger partial charge in [-0.05, 0) is 61.8 Å². The highest BCUT2D eigenvalue weighted by Gasteiger charge is 2.29. The van der Waals surface area contributed by atoms with Gasteiger partial charge >= 0.3 is 5.69 Å². The average Bonchev–Trinajstić information content (AvgIpc) is 2.94. The van der Waals surface area contributed by atoms with Gasteiger partial charge in [-0.15, -0.1) is 0 Å². The van der Waals surface area contributed by atoms with Crippen LogP contribution in [0.4, 0.5) is 10.2 Å². The van der Waals surface area contributed by atoms with Gasteiger partial charge in [0.05, 0.1) is 27.5 Å². The first-order valence-corrected chi connectivity index (χ1v) is 14.7. The van der Waals surface area contributed by atoms with Gasteiger partial charge in [-0.25, -0.2) is 18.7 Å². The van der Waals surface area contributed by atoms with Crippen LogP contribution in [-0.2, 0) is 6.42 Å². The molecule has 1 saturated heterocycles. The zero-order valence-electron chi connectivity index (χ0n) is 24.1. The summed E-state index contributed by atoms with van der Waals surface area (Å²) in [5.41, 5.74) is 2.35. The Morgan fingerprint density at radius 3 is 2.66 bits per heavy atom. The van der Waals surface area contributed by atoms with Crippen LogP contribution >= 0.6 is 11.6 Å². The summed E-state index contributed by atoms with van der Waals surface area (Å²) in [7, 11) is 0. The molecule has 0 unspecified atom stereocenters. The maximum atomic E-state index is 15.2. The van der Waals surface area contributed by atoms with E-state index in [-0.39, 0.29) is 33.8 Å². The van der Waals surface area contributed by atoms with Crippen LogP contribution in [-0.4, -0.2) is 38.4 Å². The summed E-state index contributed by atoms with van der Waals surface area (Å²) in [6.07, 6.45) is 5.98. The lowest BCUT2D eigenvalue weighted by Crippen LogP contribution is -2.43. The van der Waals surface area contributed by atoms with Crippen LogP contribution in [0.25, 0.3) is 28.0 Å². The van der Waals surface area contributed by atoms with Crippen molar-refractivity contribution in [2.75, 3.05) is 11.4 Å². The lowest BCUT2D eigenvalue weighted by atomic mass is 9.95. The summed E-state index contributed by atoms with van der Waals surface area (Å²) in [5.74, 6) is 0.313. The van der Waals surface area contributed by atoms with Gasteiger partial charge in [-0.1, -0.05) is 57.8 Å². The molecule has 9 heteroatoms. The van der Waals surface area contributed by atoms with E-state index in [0.29, 0.717) is 34.7 Å². The zero-order chi connectivity index (χ0) is 29.4. The number of pyridine rings is 2. The maximum absolute atomic E-state index is 15.2. The highest BCUT2D eigenvalue weighted by Crippen LogP contribution is 2.38. The number of fused-ring (bicyclic) bond motifs is 1. The van der Waals surface area contributed by atoms with Crippen LogP contribution in [0.1, 0.15) is 81.4 Å². The molecule has 0 aliphatic carbocycles. The van der Waals surface area contributed by atoms with Crippen molar-refractivity contribution in [2.45, 2.75) is 72.3 Å². The van der Waals surface area contributed by atoms with E-state index < -0.39 is 11.5 Å². The molecule has 1 aliphatic rings. The van der Waals surface area contributed by atoms with E-state index in [4.69, 9.17) is 16.6 Å². The summed E-state index contributed by atoms with van der Waals surface area (Å²) in [6.45, 7) is 11.2. The minimum Gasteiger partial charge on any atom is -0.353 e. The zero-order valence-corrected chi connectivity index (χ0v) is 24.9. The molecule has 41 heavy (non-hydrogen) atoms. The van der Waals surface area contributed by atoms with Crippen LogP contribution in [0.2, 0.25) is 5.02 Å². The monoisotopic (exact) mass is 575 g/mol. The van der Waals surface area contributed by atoms with Crippen LogP contribution in [0.15, 0.2) is 41.3 Å². The summed E-state index contributed by atoms with van der Waals surface area (Å²) in [6, 6.07) is 8.04. The van der Waals surface area contributed by atoms with Crippen molar-refractivity contribution in [3.05, 3.63) is 74.7 Å². The molecule has 2 atom stereocenters. The Morgan fingerprint density at radius 2 is 1.95 bits per heavy atom. The third kappa shape index (κ3) is 5.25. The summed E-state index contributed by atoms with van der Waals surface area (Å²) in [4.78, 5) is 42.4. The van der Waals surface area contributed by atoms with Gasteiger partial charge in [0.25, 0.3) is 0 Å². The van der Waals surface area contributed by atoms with Gasteiger partial charge in [0.15, 0.2) is 11.9 Å². The Morgan fingerprint density at radius 1 is 1.17 bits per heavy atom. The number of hydrogen-bond donors (Lipinski definition) is 0. The molecule has 0 amide bonds. The highest BCUT2D eigenvalue weighted by molar-refractivity contribution is 6.34. The number of benzene rings is 1. The van der Waals surface area contributed by atoms with Crippen molar-refractivity contribution in [3.63, 3.8) is 0 Å². The lowest BCUT2D eigenvalue weighted by Gasteiger charge is -2.38. The molecule has 0 saturated carbocycles. The fourth-order valence-corrected chi connectivity index (χ4v) is 6.08. The normalized spacial score (nSPS) is 17.4. The van der Waals surface area contributed by atoms with Crippen LogP contribution in [0.3, 0.4) is 0 Å². The molecule has 0 radical (unpaired) electrons. The van der Waals surface area contributed by atoms with Gasteiger partial charge in [0, 0.05) is 29.9 Å². The third-order valence-electron chi connectivity index (χ3n) is 7.93. The molecule has 3 aromatic heterocycles. The summed E-state index contributed by atoms with van der Waals surface area (Å²) < 4.78 is 16.8. The number of carbonyl (C=O) groups is 1. The number of nitrogens with zero attached hydrogens (tertiary/aromatic N) is 5. The Hall–Kier alpha value is -3.65. The number of rotatable bonds is 7. The van der Waals surface area contributed by atoms with Crippen LogP contribution < -0.4 is 10.6 Å². The third-order valence-corrected chi connectivity index (χ3v) is 8.21. The molecule has 0 bridgehead atoms. The van der Waals surface area contributed by atoms with E-state index in [1.54, 1.807) is 12.3 Å². The fourth-order valence-electron chi connectivity index (χ4n) is 5.84. The number of anilines is 1. The second kappa shape index (κ2) is 11.7. The topological polar surface area (TPSA) is 81.0 Å². The quantitative estimate of drug-likeness (QED) is 0.218. The van der Waals surface area contributed by atoms with E-state index in [1.165, 1.54) is 22.8 Å². The molecule has 4 aromatic rings. The number of aldehydes is 1. The van der Waals surface area contributed by atoms with Gasteiger partial charge in [0.1, 0.15) is 11.6 Å². The van der Waals surface area contributed by atoms with Gasteiger partial charge < -0.3 is 4.90 Å². The second-order valence-corrected chi connectivity index (χ2v) is 11.8. The smallest absolute Gasteiger partial charge is 0.353 e.